The minimum atomic E-state index is 0.515. The normalized spacial score (nSPS) is 12.8. The Labute approximate surface area is 137 Å². The summed E-state index contributed by atoms with van der Waals surface area (Å²) < 4.78 is 11.8. The van der Waals surface area contributed by atoms with Crippen molar-refractivity contribution in [2.24, 2.45) is 5.92 Å². The highest BCUT2D eigenvalue weighted by molar-refractivity contribution is 9.10. The zero-order valence-corrected chi connectivity index (χ0v) is 15.0. The van der Waals surface area contributed by atoms with Crippen LogP contribution in [0.3, 0.4) is 0 Å². The van der Waals surface area contributed by atoms with Gasteiger partial charge in [0, 0.05) is 24.2 Å². The van der Waals surface area contributed by atoms with E-state index in [0.717, 1.165) is 26.0 Å². The van der Waals surface area contributed by atoms with Gasteiger partial charge in [0.25, 0.3) is 0 Å². The van der Waals surface area contributed by atoms with E-state index in [-0.39, 0.29) is 0 Å². The first-order valence-electron chi connectivity index (χ1n) is 7.67. The Balaban J connectivity index is 2.45. The standard InChI is InChI=1S/C17H28BrNO2/c1-14(2)19-13-15(8-9-21-11-10-20-3)12-16-6-4-5-7-17(16)18/h4-7,14-15,19H,8-13H2,1-3H3. The lowest BCUT2D eigenvalue weighted by Gasteiger charge is -2.20. The van der Waals surface area contributed by atoms with Crippen LogP contribution in [-0.2, 0) is 15.9 Å². The summed E-state index contributed by atoms with van der Waals surface area (Å²) in [6.07, 6.45) is 2.12. The van der Waals surface area contributed by atoms with Crippen LogP contribution in [0.4, 0.5) is 0 Å². The van der Waals surface area contributed by atoms with Gasteiger partial charge in [-0.15, -0.1) is 0 Å². The van der Waals surface area contributed by atoms with E-state index in [1.54, 1.807) is 7.11 Å². The van der Waals surface area contributed by atoms with Gasteiger partial charge in [-0.05, 0) is 36.9 Å². The topological polar surface area (TPSA) is 30.5 Å². The molecule has 1 rings (SSSR count). The number of benzene rings is 1. The van der Waals surface area contributed by atoms with Crippen LogP contribution in [0.15, 0.2) is 28.7 Å². The first-order valence-corrected chi connectivity index (χ1v) is 8.46. The molecule has 0 aliphatic heterocycles. The lowest BCUT2D eigenvalue weighted by atomic mass is 9.96. The number of nitrogens with one attached hydrogen (secondary N) is 1. The summed E-state index contributed by atoms with van der Waals surface area (Å²) in [4.78, 5) is 0. The van der Waals surface area contributed by atoms with Crippen molar-refractivity contribution in [1.29, 1.82) is 0 Å². The van der Waals surface area contributed by atoms with Crippen LogP contribution >= 0.6 is 15.9 Å². The number of methoxy groups -OCH3 is 1. The summed E-state index contributed by atoms with van der Waals surface area (Å²) in [7, 11) is 1.70. The molecule has 0 radical (unpaired) electrons. The third-order valence-electron chi connectivity index (χ3n) is 3.38. The first-order chi connectivity index (χ1) is 10.1. The summed E-state index contributed by atoms with van der Waals surface area (Å²) in [5, 5.41) is 3.54. The number of ether oxygens (including phenoxy) is 2. The smallest absolute Gasteiger partial charge is 0.0700 e. The fourth-order valence-corrected chi connectivity index (χ4v) is 2.59. The van der Waals surface area contributed by atoms with Crippen molar-refractivity contribution in [1.82, 2.24) is 5.32 Å². The van der Waals surface area contributed by atoms with Crippen molar-refractivity contribution in [3.63, 3.8) is 0 Å². The molecule has 0 aliphatic rings. The number of rotatable bonds is 11. The van der Waals surface area contributed by atoms with Crippen molar-refractivity contribution < 1.29 is 9.47 Å². The van der Waals surface area contributed by atoms with Crippen LogP contribution in [-0.4, -0.2) is 39.5 Å². The summed E-state index contributed by atoms with van der Waals surface area (Å²) in [6, 6.07) is 8.97. The molecule has 0 amide bonds. The predicted molar refractivity (Wildman–Crippen MR) is 91.8 cm³/mol. The molecule has 0 heterocycles. The summed E-state index contributed by atoms with van der Waals surface area (Å²) in [5.41, 5.74) is 1.37. The molecular weight excluding hydrogens is 330 g/mol. The van der Waals surface area contributed by atoms with Crippen molar-refractivity contribution in [3.05, 3.63) is 34.3 Å². The molecule has 0 aliphatic carbocycles. The molecule has 0 saturated carbocycles. The lowest BCUT2D eigenvalue weighted by Crippen LogP contribution is -2.30. The van der Waals surface area contributed by atoms with Crippen molar-refractivity contribution >= 4 is 15.9 Å². The van der Waals surface area contributed by atoms with Gasteiger partial charge >= 0.3 is 0 Å². The summed E-state index contributed by atoms with van der Waals surface area (Å²) in [5.74, 6) is 0.577. The molecule has 0 aromatic heterocycles. The Kier molecular flexibility index (Phi) is 9.92. The molecule has 4 heteroatoms. The van der Waals surface area contributed by atoms with E-state index in [1.165, 1.54) is 10.0 Å². The van der Waals surface area contributed by atoms with E-state index in [0.29, 0.717) is 25.2 Å². The van der Waals surface area contributed by atoms with Gasteiger partial charge in [-0.3, -0.25) is 0 Å². The monoisotopic (exact) mass is 357 g/mol. The Bertz CT molecular complexity index is 385. The SMILES string of the molecule is COCCOCCC(CNC(C)C)Cc1ccccc1Br. The van der Waals surface area contributed by atoms with E-state index >= 15 is 0 Å². The molecule has 0 spiro atoms. The van der Waals surface area contributed by atoms with Crippen molar-refractivity contribution in [2.75, 3.05) is 33.5 Å². The third-order valence-corrected chi connectivity index (χ3v) is 4.16. The van der Waals surface area contributed by atoms with Crippen LogP contribution in [0.25, 0.3) is 0 Å². The maximum atomic E-state index is 5.61. The van der Waals surface area contributed by atoms with Gasteiger partial charge in [0.1, 0.15) is 0 Å². The van der Waals surface area contributed by atoms with Crippen LogP contribution in [0, 0.1) is 5.92 Å². The highest BCUT2D eigenvalue weighted by Crippen LogP contribution is 2.21. The second-order valence-electron chi connectivity index (χ2n) is 5.62. The molecule has 21 heavy (non-hydrogen) atoms. The Morgan fingerprint density at radius 1 is 1.14 bits per heavy atom. The van der Waals surface area contributed by atoms with Crippen LogP contribution in [0.2, 0.25) is 0 Å². The fourth-order valence-electron chi connectivity index (χ4n) is 2.15. The number of halogens is 1. The molecular formula is C17H28BrNO2. The Morgan fingerprint density at radius 2 is 1.90 bits per heavy atom. The molecule has 1 unspecified atom stereocenters. The molecule has 0 saturated heterocycles. The van der Waals surface area contributed by atoms with Crippen molar-refractivity contribution in [2.45, 2.75) is 32.7 Å². The van der Waals surface area contributed by atoms with Crippen LogP contribution < -0.4 is 5.32 Å². The fraction of sp³-hybridized carbons (Fsp3) is 0.647. The molecule has 1 N–H and O–H groups in total. The van der Waals surface area contributed by atoms with E-state index in [1.807, 2.05) is 0 Å². The summed E-state index contributed by atoms with van der Waals surface area (Å²) >= 11 is 3.64. The Hall–Kier alpha value is -0.420. The largest absolute Gasteiger partial charge is 0.382 e. The van der Waals surface area contributed by atoms with E-state index in [2.05, 4.69) is 59.4 Å². The molecule has 1 aromatic carbocycles. The third kappa shape index (κ3) is 8.57. The van der Waals surface area contributed by atoms with E-state index in [9.17, 15) is 0 Å². The molecule has 1 aromatic rings. The second kappa shape index (κ2) is 11.2. The quantitative estimate of drug-likeness (QED) is 0.613. The first kappa shape index (κ1) is 18.6. The van der Waals surface area contributed by atoms with Gasteiger partial charge in [0.05, 0.1) is 13.2 Å². The van der Waals surface area contributed by atoms with E-state index < -0.39 is 0 Å². The van der Waals surface area contributed by atoms with Gasteiger partial charge in [0.2, 0.25) is 0 Å². The average Bonchev–Trinajstić information content (AvgIpc) is 2.46. The van der Waals surface area contributed by atoms with Crippen LogP contribution in [0.1, 0.15) is 25.8 Å². The summed E-state index contributed by atoms with van der Waals surface area (Å²) in [6.45, 7) is 7.52. The molecule has 0 bridgehead atoms. The van der Waals surface area contributed by atoms with Crippen LogP contribution in [0.5, 0.6) is 0 Å². The maximum Gasteiger partial charge on any atom is 0.0700 e. The highest BCUT2D eigenvalue weighted by atomic mass is 79.9. The lowest BCUT2D eigenvalue weighted by molar-refractivity contribution is 0.0635. The van der Waals surface area contributed by atoms with Gasteiger partial charge in [0.15, 0.2) is 0 Å². The predicted octanol–water partition coefficient (Wildman–Crippen LogP) is 3.66. The molecule has 120 valence electrons. The zero-order valence-electron chi connectivity index (χ0n) is 13.4. The van der Waals surface area contributed by atoms with Gasteiger partial charge < -0.3 is 14.8 Å². The molecule has 1 atom stereocenters. The zero-order chi connectivity index (χ0) is 15.5. The van der Waals surface area contributed by atoms with Gasteiger partial charge in [-0.25, -0.2) is 0 Å². The highest BCUT2D eigenvalue weighted by Gasteiger charge is 2.12. The maximum absolute atomic E-state index is 5.61. The minimum Gasteiger partial charge on any atom is -0.382 e. The van der Waals surface area contributed by atoms with Gasteiger partial charge in [-0.2, -0.15) is 0 Å². The second-order valence-corrected chi connectivity index (χ2v) is 6.47. The molecule has 3 nitrogen and oxygen atoms in total. The average molecular weight is 358 g/mol. The number of hydrogen-bond acceptors (Lipinski definition) is 3. The Morgan fingerprint density at radius 3 is 2.57 bits per heavy atom. The van der Waals surface area contributed by atoms with Crippen molar-refractivity contribution in [3.8, 4) is 0 Å². The van der Waals surface area contributed by atoms with E-state index in [4.69, 9.17) is 9.47 Å². The molecule has 0 fully saturated rings. The minimum absolute atomic E-state index is 0.515. The van der Waals surface area contributed by atoms with Gasteiger partial charge in [-0.1, -0.05) is 48.0 Å². The number of hydrogen-bond donors (Lipinski definition) is 1.